The quantitative estimate of drug-likeness (QED) is 0.206. The first kappa shape index (κ1) is 49.9. The van der Waals surface area contributed by atoms with Crippen molar-refractivity contribution in [2.24, 2.45) is 0 Å². The van der Waals surface area contributed by atoms with Gasteiger partial charge in [0.2, 0.25) is 0 Å². The van der Waals surface area contributed by atoms with Crippen LogP contribution in [0.25, 0.3) is 0 Å². The molecule has 0 saturated carbocycles. The van der Waals surface area contributed by atoms with Gasteiger partial charge in [-0.15, -0.1) is 0 Å². The van der Waals surface area contributed by atoms with Gasteiger partial charge in [0.15, 0.2) is 0 Å². The van der Waals surface area contributed by atoms with Crippen molar-refractivity contribution in [3.63, 3.8) is 0 Å². The molecule has 12 nitrogen and oxygen atoms in total. The van der Waals surface area contributed by atoms with Gasteiger partial charge in [-0.05, 0) is 0 Å². The maximum Gasteiger partial charge on any atom is 3.00 e. The predicted octanol–water partition coefficient (Wildman–Crippen LogP) is -15.8. The van der Waals surface area contributed by atoms with Gasteiger partial charge in [0.1, 0.15) is 0 Å². The van der Waals surface area contributed by atoms with Crippen molar-refractivity contribution in [1.82, 2.24) is 0 Å². The normalized spacial score (nSPS) is 5.40. The fourth-order valence-electron chi connectivity index (χ4n) is 0. The van der Waals surface area contributed by atoms with Crippen LogP contribution in [0.15, 0.2) is 0 Å². The van der Waals surface area contributed by atoms with Gasteiger partial charge in [-0.1, -0.05) is 0 Å². The third kappa shape index (κ3) is 425. The van der Waals surface area contributed by atoms with E-state index in [-0.39, 0.29) is 163 Å². The van der Waals surface area contributed by atoms with Crippen LogP contribution < -0.4 is 60.3 Å². The van der Waals surface area contributed by atoms with Gasteiger partial charge in [-0.2, -0.15) is 0 Å². The summed E-state index contributed by atoms with van der Waals surface area (Å²) in [6.07, 6.45) is 0. The Labute approximate surface area is 247 Å². The molecule has 0 saturated heterocycles. The van der Waals surface area contributed by atoms with Crippen LogP contribution in [0.3, 0.4) is 0 Å². The summed E-state index contributed by atoms with van der Waals surface area (Å²) in [5.74, 6) is 0. The van der Waals surface area contributed by atoms with Crippen LogP contribution in [0, 0.1) is 163 Å². The molecule has 0 atom stereocenters. The fraction of sp³-hybridized carbons (Fsp3) is 0. The van der Waals surface area contributed by atoms with Crippen LogP contribution in [0.5, 0.6) is 0 Å². The molecular formula is B4Nd4O12. The van der Waals surface area contributed by atoms with Crippen molar-refractivity contribution in [3.8, 4) is 0 Å². The van der Waals surface area contributed by atoms with Crippen LogP contribution in [0.1, 0.15) is 0 Å². The van der Waals surface area contributed by atoms with Gasteiger partial charge in [-0.25, -0.2) is 0 Å². The first-order chi connectivity index (χ1) is 6.93. The maximum atomic E-state index is 8.42. The smallest absolute Gasteiger partial charge is 0.907 e. The summed E-state index contributed by atoms with van der Waals surface area (Å²) in [5, 5.41) is 101. The second kappa shape index (κ2) is 44.0. The molecule has 0 unspecified atom stereocenters. The monoisotopic (exact) mass is 804 g/mol. The third-order valence-corrected chi connectivity index (χ3v) is 0. The molecule has 20 heavy (non-hydrogen) atoms. The van der Waals surface area contributed by atoms with E-state index in [4.69, 9.17) is 60.3 Å². The molecule has 0 heterocycles. The van der Waals surface area contributed by atoms with Gasteiger partial charge >= 0.3 is 163 Å². The molecule has 0 aliphatic heterocycles. The molecule has 0 aromatic carbocycles. The van der Waals surface area contributed by atoms with E-state index in [1.165, 1.54) is 0 Å². The Kier molecular flexibility index (Phi) is 110. The SMILES string of the molecule is [Nd+3].[Nd+3].[Nd+3].[Nd+3].[O-]B([O-])[O-].[O-]B([O-])[O-].[O-]B([O-])[O-].[O-]B([O-])[O-]. The number of hydrogen-bond acceptors (Lipinski definition) is 12. The van der Waals surface area contributed by atoms with E-state index in [1.54, 1.807) is 0 Å². The maximum absolute atomic E-state index is 8.42. The second-order valence-electron chi connectivity index (χ2n) is 1.15. The number of rotatable bonds is 0. The molecule has 0 aliphatic carbocycles. The van der Waals surface area contributed by atoms with E-state index in [1.807, 2.05) is 0 Å². The molecule has 100 valence electrons. The Morgan fingerprint density at radius 3 is 0.250 bits per heavy atom. The summed E-state index contributed by atoms with van der Waals surface area (Å²) in [7, 11) is -11.7. The van der Waals surface area contributed by atoms with Gasteiger partial charge in [0.05, 0.1) is 0 Å². The van der Waals surface area contributed by atoms with E-state index in [9.17, 15) is 0 Å². The van der Waals surface area contributed by atoms with Crippen molar-refractivity contribution < 1.29 is 224 Å². The molecule has 20 heteroatoms. The average Bonchev–Trinajstić information content (AvgIpc) is 1.76. The first-order valence-electron chi connectivity index (χ1n) is 2.83. The van der Waals surface area contributed by atoms with Gasteiger partial charge in [0.25, 0.3) is 0 Å². The molecule has 4 radical (unpaired) electrons. The minimum absolute atomic E-state index is 0. The summed E-state index contributed by atoms with van der Waals surface area (Å²) in [4.78, 5) is 0. The van der Waals surface area contributed by atoms with Crippen LogP contribution in [-0.2, 0) is 0 Å². The van der Waals surface area contributed by atoms with Gasteiger partial charge in [0, 0.05) is 0 Å². The average molecular weight is 812 g/mol. The fourth-order valence-corrected chi connectivity index (χ4v) is 0. The Bertz CT molecular complexity index is 70.4. The predicted molar refractivity (Wildman–Crippen MR) is 23.0 cm³/mol. The zero-order chi connectivity index (χ0) is 14.3. The van der Waals surface area contributed by atoms with Crippen molar-refractivity contribution in [2.75, 3.05) is 0 Å². The van der Waals surface area contributed by atoms with Crippen LogP contribution in [-0.4, -0.2) is 29.3 Å². The van der Waals surface area contributed by atoms with Gasteiger partial charge in [-0.3, -0.25) is 29.3 Å². The number of hydrogen-bond donors (Lipinski definition) is 0. The Balaban J connectivity index is -0.0000000150. The van der Waals surface area contributed by atoms with E-state index in [0.717, 1.165) is 0 Å². The third-order valence-electron chi connectivity index (χ3n) is 0. The largest absolute Gasteiger partial charge is 3.00 e. The summed E-state index contributed by atoms with van der Waals surface area (Å²) in [5.41, 5.74) is 0. The summed E-state index contributed by atoms with van der Waals surface area (Å²) in [6.45, 7) is 0. The van der Waals surface area contributed by atoms with E-state index in [0.29, 0.717) is 0 Å². The standard InChI is InChI=1S/4BO3.4Nd/c4*2-1(3)4;;;;/q4*-3;4*+3. The molecular weight excluding hydrogens is 812 g/mol. The molecule has 0 aliphatic rings. The van der Waals surface area contributed by atoms with E-state index >= 15 is 0 Å². The van der Waals surface area contributed by atoms with Gasteiger partial charge < -0.3 is 60.3 Å². The minimum atomic E-state index is -2.92. The summed E-state index contributed by atoms with van der Waals surface area (Å²) >= 11 is 0. The summed E-state index contributed by atoms with van der Waals surface area (Å²) < 4.78 is 0. The molecule has 0 rings (SSSR count). The van der Waals surface area contributed by atoms with Crippen molar-refractivity contribution in [2.45, 2.75) is 0 Å². The van der Waals surface area contributed by atoms with E-state index < -0.39 is 29.3 Å². The first-order valence-corrected chi connectivity index (χ1v) is 2.83. The molecule has 0 N–H and O–H groups in total. The molecule has 0 aromatic heterocycles. The molecule has 0 fully saturated rings. The molecule has 0 spiro atoms. The second-order valence-corrected chi connectivity index (χ2v) is 1.15. The van der Waals surface area contributed by atoms with Crippen molar-refractivity contribution in [1.29, 1.82) is 0 Å². The Morgan fingerprint density at radius 2 is 0.250 bits per heavy atom. The topological polar surface area (TPSA) is 277 Å². The summed E-state index contributed by atoms with van der Waals surface area (Å²) in [6, 6.07) is 0. The van der Waals surface area contributed by atoms with Crippen molar-refractivity contribution in [3.05, 3.63) is 0 Å². The Hall–Kier alpha value is 5.18. The van der Waals surface area contributed by atoms with E-state index in [2.05, 4.69) is 0 Å². The van der Waals surface area contributed by atoms with Crippen LogP contribution in [0.2, 0.25) is 0 Å². The molecule has 0 aromatic rings. The minimum Gasteiger partial charge on any atom is -0.907 e. The zero-order valence-corrected chi connectivity index (χ0v) is 22.0. The zero-order valence-electron chi connectivity index (χ0n) is 9.21. The van der Waals surface area contributed by atoms with Crippen molar-refractivity contribution >= 4 is 29.3 Å². The van der Waals surface area contributed by atoms with Crippen LogP contribution in [0.4, 0.5) is 0 Å². The Morgan fingerprint density at radius 1 is 0.250 bits per heavy atom. The molecule has 0 bridgehead atoms. The van der Waals surface area contributed by atoms with Crippen LogP contribution >= 0.6 is 0 Å². The molecule has 0 amide bonds.